The van der Waals surface area contributed by atoms with Crippen LogP contribution in [-0.4, -0.2) is 28.2 Å². The van der Waals surface area contributed by atoms with E-state index in [9.17, 15) is 14.7 Å². The van der Waals surface area contributed by atoms with E-state index in [1.165, 1.54) is 0 Å². The summed E-state index contributed by atoms with van der Waals surface area (Å²) in [6.07, 6.45) is 1.71. The van der Waals surface area contributed by atoms with Gasteiger partial charge in [0.1, 0.15) is 5.76 Å². The summed E-state index contributed by atoms with van der Waals surface area (Å²) in [6, 6.07) is 15.8. The molecule has 1 fully saturated rings. The molecule has 1 saturated heterocycles. The fourth-order valence-electron chi connectivity index (χ4n) is 3.18. The maximum Gasteiger partial charge on any atom is 0.295 e. The average Bonchev–Trinajstić information content (AvgIpc) is 2.91. The first-order valence-corrected chi connectivity index (χ1v) is 9.43. The van der Waals surface area contributed by atoms with E-state index in [2.05, 4.69) is 15.9 Å². The van der Waals surface area contributed by atoms with Gasteiger partial charge in [-0.3, -0.25) is 9.59 Å². The number of nitrogens with zero attached hydrogens (tertiary/aromatic N) is 1. The molecule has 5 heteroatoms. The van der Waals surface area contributed by atoms with Crippen molar-refractivity contribution in [1.82, 2.24) is 4.90 Å². The van der Waals surface area contributed by atoms with Crippen molar-refractivity contribution in [3.63, 3.8) is 0 Å². The Bertz CT molecular complexity index is 843. The van der Waals surface area contributed by atoms with Crippen molar-refractivity contribution in [2.45, 2.75) is 25.8 Å². The van der Waals surface area contributed by atoms with E-state index in [-0.39, 0.29) is 11.3 Å². The summed E-state index contributed by atoms with van der Waals surface area (Å²) in [4.78, 5) is 26.9. The van der Waals surface area contributed by atoms with Crippen molar-refractivity contribution in [2.24, 2.45) is 0 Å². The summed E-state index contributed by atoms with van der Waals surface area (Å²) in [7, 11) is 0. The van der Waals surface area contributed by atoms with Gasteiger partial charge in [0.25, 0.3) is 11.7 Å². The van der Waals surface area contributed by atoms with Crippen molar-refractivity contribution in [2.75, 3.05) is 6.54 Å². The van der Waals surface area contributed by atoms with Crippen LogP contribution >= 0.6 is 15.9 Å². The monoisotopic (exact) mass is 413 g/mol. The molecule has 0 radical (unpaired) electrons. The predicted molar refractivity (Wildman–Crippen MR) is 105 cm³/mol. The van der Waals surface area contributed by atoms with Gasteiger partial charge in [0, 0.05) is 16.6 Å². The van der Waals surface area contributed by atoms with Gasteiger partial charge in [0.2, 0.25) is 0 Å². The third-order valence-electron chi connectivity index (χ3n) is 4.53. The number of likely N-dealkylation sites (tertiary alicyclic amines) is 1. The first-order valence-electron chi connectivity index (χ1n) is 8.64. The van der Waals surface area contributed by atoms with Crippen molar-refractivity contribution in [3.8, 4) is 0 Å². The van der Waals surface area contributed by atoms with Crippen LogP contribution in [0.25, 0.3) is 5.76 Å². The molecule has 1 N–H and O–H groups in total. The molecule has 0 aliphatic carbocycles. The molecule has 4 nitrogen and oxygen atoms in total. The van der Waals surface area contributed by atoms with E-state index in [1.807, 2.05) is 37.3 Å². The first kappa shape index (κ1) is 18.4. The van der Waals surface area contributed by atoms with Gasteiger partial charge in [-0.2, -0.15) is 0 Å². The van der Waals surface area contributed by atoms with E-state index in [0.29, 0.717) is 12.1 Å². The van der Waals surface area contributed by atoms with Crippen LogP contribution in [0.2, 0.25) is 0 Å². The molecule has 1 aliphatic rings. The minimum absolute atomic E-state index is 0.135. The summed E-state index contributed by atoms with van der Waals surface area (Å²) in [6.45, 7) is 2.52. The van der Waals surface area contributed by atoms with Crippen LogP contribution < -0.4 is 0 Å². The van der Waals surface area contributed by atoms with Gasteiger partial charge in [0.15, 0.2) is 0 Å². The molecule has 0 bridgehead atoms. The van der Waals surface area contributed by atoms with Gasteiger partial charge in [-0.05, 0) is 24.1 Å². The predicted octanol–water partition coefficient (Wildman–Crippen LogP) is 4.67. The quantitative estimate of drug-likeness (QED) is 0.440. The van der Waals surface area contributed by atoms with Crippen LogP contribution in [0, 0.1) is 0 Å². The maximum absolute atomic E-state index is 12.7. The van der Waals surface area contributed by atoms with Crippen LogP contribution in [0.4, 0.5) is 0 Å². The van der Waals surface area contributed by atoms with Gasteiger partial charge in [-0.1, -0.05) is 71.7 Å². The summed E-state index contributed by atoms with van der Waals surface area (Å²) in [5.74, 6) is -1.31. The highest BCUT2D eigenvalue weighted by Gasteiger charge is 2.45. The largest absolute Gasteiger partial charge is 0.507 e. The number of aliphatic hydroxyl groups excluding tert-OH is 1. The minimum atomic E-state index is -0.629. The highest BCUT2D eigenvalue weighted by molar-refractivity contribution is 9.10. The number of ketones is 1. The number of amides is 1. The molecule has 1 unspecified atom stereocenters. The van der Waals surface area contributed by atoms with Crippen LogP contribution in [0.15, 0.2) is 64.6 Å². The van der Waals surface area contributed by atoms with Gasteiger partial charge < -0.3 is 10.0 Å². The lowest BCUT2D eigenvalue weighted by Crippen LogP contribution is -2.30. The van der Waals surface area contributed by atoms with E-state index in [0.717, 1.165) is 22.9 Å². The van der Waals surface area contributed by atoms with Crippen molar-refractivity contribution in [3.05, 3.63) is 75.8 Å². The molecule has 0 aromatic heterocycles. The van der Waals surface area contributed by atoms with E-state index in [4.69, 9.17) is 0 Å². The van der Waals surface area contributed by atoms with Crippen molar-refractivity contribution in [1.29, 1.82) is 0 Å². The lowest BCUT2D eigenvalue weighted by Gasteiger charge is -2.25. The number of benzene rings is 2. The molecule has 0 saturated carbocycles. The summed E-state index contributed by atoms with van der Waals surface area (Å²) < 4.78 is 0.872. The fourth-order valence-corrected chi connectivity index (χ4v) is 3.45. The van der Waals surface area contributed by atoms with E-state index < -0.39 is 17.7 Å². The Balaban J connectivity index is 2.14. The molecule has 134 valence electrons. The number of carbonyl (C=O) groups excluding carboxylic acids is 2. The van der Waals surface area contributed by atoms with Crippen molar-refractivity contribution >= 4 is 33.4 Å². The Morgan fingerprint density at radius 1 is 1.08 bits per heavy atom. The number of halogens is 1. The Labute approximate surface area is 161 Å². The topological polar surface area (TPSA) is 57.6 Å². The van der Waals surface area contributed by atoms with Crippen LogP contribution in [0.5, 0.6) is 0 Å². The second-order valence-electron chi connectivity index (χ2n) is 6.26. The molecule has 2 aromatic carbocycles. The van der Waals surface area contributed by atoms with Gasteiger partial charge in [-0.25, -0.2) is 0 Å². The molecule has 2 aromatic rings. The maximum atomic E-state index is 12.7. The molecule has 3 rings (SSSR count). The zero-order valence-electron chi connectivity index (χ0n) is 14.5. The third-order valence-corrected chi connectivity index (χ3v) is 5.05. The van der Waals surface area contributed by atoms with Crippen molar-refractivity contribution < 1.29 is 14.7 Å². The standard InChI is InChI=1S/C21H20BrNO3/c1-2-3-13-23-18(14-7-5-4-6-8-14)17(20(25)21(23)26)19(24)15-9-11-16(22)12-10-15/h4-12,18,24H,2-3,13H2,1H3/b19-17-. The van der Waals surface area contributed by atoms with E-state index in [1.54, 1.807) is 29.2 Å². The molecule has 1 aliphatic heterocycles. The molecule has 1 atom stereocenters. The van der Waals surface area contributed by atoms with Gasteiger partial charge in [-0.15, -0.1) is 0 Å². The third kappa shape index (κ3) is 3.44. The lowest BCUT2D eigenvalue weighted by atomic mass is 9.95. The number of Topliss-reactive ketones (excluding diaryl/α,β-unsaturated/α-hetero) is 1. The zero-order chi connectivity index (χ0) is 18.7. The Hall–Kier alpha value is -2.40. The number of hydrogen-bond acceptors (Lipinski definition) is 3. The zero-order valence-corrected chi connectivity index (χ0v) is 16.1. The second kappa shape index (κ2) is 7.87. The smallest absolute Gasteiger partial charge is 0.295 e. The number of carbonyl (C=O) groups is 2. The SMILES string of the molecule is CCCCN1C(=O)C(=O)/C(=C(\O)c2ccc(Br)cc2)C1c1ccccc1. The molecule has 1 amide bonds. The molecular formula is C21H20BrNO3. The summed E-state index contributed by atoms with van der Waals surface area (Å²) in [5.41, 5.74) is 1.49. The average molecular weight is 414 g/mol. The highest BCUT2D eigenvalue weighted by Crippen LogP contribution is 2.39. The second-order valence-corrected chi connectivity index (χ2v) is 7.18. The Morgan fingerprint density at radius 3 is 2.35 bits per heavy atom. The van der Waals surface area contributed by atoms with Crippen LogP contribution in [-0.2, 0) is 9.59 Å². The first-order chi connectivity index (χ1) is 12.5. The molecule has 26 heavy (non-hydrogen) atoms. The number of rotatable bonds is 5. The normalized spacial score (nSPS) is 19.2. The Kier molecular flexibility index (Phi) is 5.57. The van der Waals surface area contributed by atoms with Gasteiger partial charge in [0.05, 0.1) is 11.6 Å². The summed E-state index contributed by atoms with van der Waals surface area (Å²) in [5, 5.41) is 10.8. The Morgan fingerprint density at radius 2 is 1.73 bits per heavy atom. The van der Waals surface area contributed by atoms with Crippen LogP contribution in [0.1, 0.15) is 36.9 Å². The lowest BCUT2D eigenvalue weighted by molar-refractivity contribution is -0.139. The molecule has 0 spiro atoms. The number of aliphatic hydroxyl groups is 1. The minimum Gasteiger partial charge on any atom is -0.507 e. The van der Waals surface area contributed by atoms with E-state index >= 15 is 0 Å². The fraction of sp³-hybridized carbons (Fsp3) is 0.238. The van der Waals surface area contributed by atoms with Crippen LogP contribution in [0.3, 0.4) is 0 Å². The number of hydrogen-bond donors (Lipinski definition) is 1. The van der Waals surface area contributed by atoms with Gasteiger partial charge >= 0.3 is 0 Å². The molecular weight excluding hydrogens is 394 g/mol. The highest BCUT2D eigenvalue weighted by atomic mass is 79.9. The summed E-state index contributed by atoms with van der Waals surface area (Å²) >= 11 is 3.36. The molecule has 1 heterocycles. The number of unbranched alkanes of at least 4 members (excludes halogenated alkanes) is 1.